The van der Waals surface area contributed by atoms with Crippen LogP contribution in [0.25, 0.3) is 65.3 Å². The van der Waals surface area contributed by atoms with Gasteiger partial charge in [-0.3, -0.25) is 0 Å². The highest BCUT2D eigenvalue weighted by atomic mass is 14.3. The van der Waals surface area contributed by atoms with Crippen LogP contribution in [0.2, 0.25) is 0 Å². The predicted octanol–water partition coefficient (Wildman–Crippen LogP) is 15.6. The lowest BCUT2D eigenvalue weighted by Crippen LogP contribution is -2.08. The van der Waals surface area contributed by atoms with Crippen LogP contribution in [0.15, 0.2) is 0 Å². The molecule has 0 radical (unpaired) electrons. The summed E-state index contributed by atoms with van der Waals surface area (Å²) in [6.07, 6.45) is 18.0. The number of aryl methyl sites for hydroxylation is 8. The minimum Gasteiger partial charge on any atom is -0.115 e. The average Bonchev–Trinajstić information content (AvgIpc) is 3.35. The van der Waals surface area contributed by atoms with Crippen molar-refractivity contribution in [2.45, 2.75) is 132 Å². The summed E-state index contributed by atoms with van der Waals surface area (Å²) in [5.74, 6) is 46.4. The number of rotatable bonds is 2. The maximum Gasteiger partial charge on any atom is 0.0568 e. The van der Waals surface area contributed by atoms with Crippen LogP contribution >= 0.6 is 0 Å². The Labute approximate surface area is 425 Å². The second-order valence-corrected chi connectivity index (χ2v) is 19.2. The van der Waals surface area contributed by atoms with Crippen LogP contribution in [-0.4, -0.2) is 0 Å². The van der Waals surface area contributed by atoms with E-state index in [0.717, 1.165) is 60.5 Å². The molecule has 7 aromatic rings. The number of hydrogen-bond donors (Lipinski definition) is 0. The lowest BCUT2D eigenvalue weighted by Gasteiger charge is -2.30. The van der Waals surface area contributed by atoms with Gasteiger partial charge in [0.1, 0.15) is 0 Å². The first kappa shape index (κ1) is 50.5. The van der Waals surface area contributed by atoms with E-state index in [-0.39, 0.29) is 0 Å². The quantitative estimate of drug-likeness (QED) is 0.0921. The zero-order valence-electron chi connectivity index (χ0n) is 45.2. The summed E-state index contributed by atoms with van der Waals surface area (Å²) in [7, 11) is 0. The Morgan fingerprint density at radius 1 is 0.225 bits per heavy atom. The Balaban J connectivity index is 2.05. The number of benzene rings is 7. The van der Waals surface area contributed by atoms with Crippen molar-refractivity contribution in [3.8, 4) is 130 Å². The summed E-state index contributed by atoms with van der Waals surface area (Å²) in [4.78, 5) is 0. The highest BCUT2D eigenvalue weighted by Crippen LogP contribution is 2.55. The van der Waals surface area contributed by atoms with E-state index in [2.05, 4.69) is 207 Å². The molecule has 0 aromatic heterocycles. The fourth-order valence-corrected chi connectivity index (χ4v) is 11.6. The highest BCUT2D eigenvalue weighted by molar-refractivity contribution is 6.28. The topological polar surface area (TPSA) is 0 Å². The van der Waals surface area contributed by atoms with Crippen molar-refractivity contribution in [3.05, 3.63) is 122 Å². The fourth-order valence-electron chi connectivity index (χ4n) is 11.6. The van der Waals surface area contributed by atoms with Gasteiger partial charge in [-0.05, 0) is 323 Å². The molecule has 0 heterocycles. The van der Waals surface area contributed by atoms with Crippen molar-refractivity contribution in [1.29, 1.82) is 0 Å². The van der Waals surface area contributed by atoms with E-state index >= 15 is 0 Å². The highest BCUT2D eigenvalue weighted by Gasteiger charge is 2.32. The molecule has 0 saturated heterocycles. The van der Waals surface area contributed by atoms with Crippen LogP contribution in [0, 0.1) is 226 Å². The summed E-state index contributed by atoms with van der Waals surface area (Å²) < 4.78 is 0. The van der Waals surface area contributed by atoms with Gasteiger partial charge in [0.15, 0.2) is 0 Å². The first-order valence-electron chi connectivity index (χ1n) is 24.1. The number of fused-ring (bicyclic) bond motifs is 5. The van der Waals surface area contributed by atoms with Crippen molar-refractivity contribution in [2.75, 3.05) is 0 Å². The smallest absolute Gasteiger partial charge is 0.0568 e. The molecule has 0 atom stereocenters. The van der Waals surface area contributed by atoms with Crippen molar-refractivity contribution in [1.82, 2.24) is 0 Å². The second kappa shape index (κ2) is 19.2. The molecule has 7 aromatic carbocycles. The maximum absolute atomic E-state index is 6.37. The number of hydrogen-bond acceptors (Lipinski definition) is 0. The van der Waals surface area contributed by atoms with Gasteiger partial charge in [-0.15, -0.1) is 25.2 Å². The van der Waals surface area contributed by atoms with E-state index in [9.17, 15) is 0 Å². The Kier molecular flexibility index (Phi) is 13.6. The Morgan fingerprint density at radius 2 is 0.592 bits per heavy atom. The summed E-state index contributed by atoms with van der Waals surface area (Å²) in [5, 5.41) is 8.70. The molecular formula is C71H60. The van der Waals surface area contributed by atoms with Crippen LogP contribution in [0.1, 0.15) is 136 Å². The van der Waals surface area contributed by atoms with Crippen molar-refractivity contribution in [3.63, 3.8) is 0 Å². The largest absolute Gasteiger partial charge is 0.115 e. The standard InChI is InChI=1S/C71H60/c1-23-28-31-33-37-58-59(36-32-29-24-2)69-62(52(20)51(19)61-53(21)55(27-5)56(34-26-4)57(68(61)69)35-30-25-3)54(22)63(58)71-66-49(17)43(11)41(9)47(15)64(66)70(60-45(13)39(7)38(6)40(8)46(60)14)65-48(16)42(10)44(12)50(18)67(65)71/h1,3,5H,2,4,6-22H3. The molecule has 0 unspecified atom stereocenters. The van der Waals surface area contributed by atoms with Gasteiger partial charge in [0.2, 0.25) is 0 Å². The third-order valence-corrected chi connectivity index (χ3v) is 16.4. The van der Waals surface area contributed by atoms with Gasteiger partial charge in [0.05, 0.1) is 22.3 Å². The van der Waals surface area contributed by atoms with Gasteiger partial charge in [0.25, 0.3) is 0 Å². The van der Waals surface area contributed by atoms with Crippen molar-refractivity contribution in [2.24, 2.45) is 0 Å². The van der Waals surface area contributed by atoms with Gasteiger partial charge in [-0.25, -0.2) is 0 Å². The van der Waals surface area contributed by atoms with E-state index in [0.29, 0.717) is 22.3 Å². The minimum absolute atomic E-state index is 0.655. The minimum atomic E-state index is 0.655. The van der Waals surface area contributed by atoms with E-state index in [1.807, 2.05) is 6.92 Å². The van der Waals surface area contributed by atoms with E-state index in [1.54, 1.807) is 6.92 Å². The summed E-state index contributed by atoms with van der Waals surface area (Å²) in [6, 6.07) is 0. The normalized spacial score (nSPS) is 10.3. The van der Waals surface area contributed by atoms with E-state index in [4.69, 9.17) is 19.3 Å². The number of terminal acetylenes is 3. The van der Waals surface area contributed by atoms with Crippen LogP contribution in [0.5, 0.6) is 0 Å². The molecule has 0 N–H and O–H groups in total. The molecule has 0 heteroatoms. The zero-order chi connectivity index (χ0) is 52.2. The maximum atomic E-state index is 6.37. The Morgan fingerprint density at radius 3 is 1.03 bits per heavy atom. The molecular weight excluding hydrogens is 853 g/mol. The molecule has 0 saturated carbocycles. The second-order valence-electron chi connectivity index (χ2n) is 19.2. The van der Waals surface area contributed by atoms with Gasteiger partial charge in [0, 0.05) is 21.9 Å². The van der Waals surface area contributed by atoms with Crippen molar-refractivity contribution < 1.29 is 0 Å². The van der Waals surface area contributed by atoms with E-state index < -0.39 is 0 Å². The van der Waals surface area contributed by atoms with Crippen LogP contribution in [0.4, 0.5) is 0 Å². The molecule has 0 spiro atoms. The Bertz CT molecular complexity index is 4110. The molecule has 0 aliphatic rings. The first-order chi connectivity index (χ1) is 33.7. The molecule has 0 aliphatic heterocycles. The van der Waals surface area contributed by atoms with Gasteiger partial charge in [-0.1, -0.05) is 35.5 Å². The molecule has 71 heavy (non-hydrogen) atoms. The fraction of sp³-hybridized carbons (Fsp3) is 0.268. The van der Waals surface area contributed by atoms with Crippen LogP contribution in [0.3, 0.4) is 0 Å². The molecule has 7 rings (SSSR count). The SMILES string of the molecule is C#CC#CC#Cc1c(-c2c3c(C)c(C)c(C)c(C)c3c(-c3c(C)c(C)c(C)c(C)c3C)c3c(C)c(C)c(C)c(C)c23)c(C)c2c(C)c(C)c3c(C)c(C#C)c(C#CC)c(C#CC#C)c3c2c1C#CC#CC. The van der Waals surface area contributed by atoms with Gasteiger partial charge in [-0.2, -0.15) is 0 Å². The molecule has 0 fully saturated rings. The van der Waals surface area contributed by atoms with Crippen LogP contribution < -0.4 is 0 Å². The molecule has 0 bridgehead atoms. The summed E-state index contributed by atoms with van der Waals surface area (Å²) in [6.45, 7) is 42.1. The summed E-state index contributed by atoms with van der Waals surface area (Å²) in [5.41, 5.74) is 28.9. The van der Waals surface area contributed by atoms with Gasteiger partial charge < -0.3 is 0 Å². The van der Waals surface area contributed by atoms with Gasteiger partial charge >= 0.3 is 0 Å². The monoisotopic (exact) mass is 912 g/mol. The third kappa shape index (κ3) is 7.44. The third-order valence-electron chi connectivity index (χ3n) is 16.4. The molecule has 0 nitrogen and oxygen atoms in total. The lowest BCUT2D eigenvalue weighted by atomic mass is 9.72. The zero-order valence-corrected chi connectivity index (χ0v) is 45.2. The molecule has 0 amide bonds. The lowest BCUT2D eigenvalue weighted by molar-refractivity contribution is 1.18. The van der Waals surface area contributed by atoms with Crippen LogP contribution in [-0.2, 0) is 0 Å². The molecule has 344 valence electrons. The molecule has 0 aliphatic carbocycles. The summed E-state index contributed by atoms with van der Waals surface area (Å²) >= 11 is 0. The van der Waals surface area contributed by atoms with E-state index in [1.165, 1.54) is 105 Å². The predicted molar refractivity (Wildman–Crippen MR) is 308 cm³/mol. The van der Waals surface area contributed by atoms with Crippen molar-refractivity contribution >= 4 is 43.1 Å². The average molecular weight is 913 g/mol. The Hall–Kier alpha value is -8.38. The first-order valence-corrected chi connectivity index (χ1v) is 24.1.